The van der Waals surface area contributed by atoms with E-state index in [4.69, 9.17) is 0 Å². The topological polar surface area (TPSA) is 3.24 Å². The fraction of sp³-hybridized carbons (Fsp3) is 0.846. The van der Waals surface area contributed by atoms with Gasteiger partial charge in [-0.1, -0.05) is 31.5 Å². The molecule has 0 aliphatic carbocycles. The molecule has 0 radical (unpaired) electrons. The van der Waals surface area contributed by atoms with Crippen LogP contribution < -0.4 is 0 Å². The Balaban J connectivity index is 2.58. The van der Waals surface area contributed by atoms with Gasteiger partial charge in [0.15, 0.2) is 0 Å². The predicted octanol–water partition coefficient (Wildman–Crippen LogP) is 3.15. The van der Waals surface area contributed by atoms with E-state index in [1.807, 2.05) is 0 Å². The van der Waals surface area contributed by atoms with Crippen LogP contribution in [0.3, 0.4) is 0 Å². The summed E-state index contributed by atoms with van der Waals surface area (Å²) in [5.41, 5.74) is 0.862. The van der Waals surface area contributed by atoms with Crippen LogP contribution in [-0.4, -0.2) is 32.5 Å². The summed E-state index contributed by atoms with van der Waals surface area (Å²) < 4.78 is 0. The van der Waals surface area contributed by atoms with E-state index in [-0.39, 0.29) is 0 Å². The quantitative estimate of drug-likeness (QED) is 0.664. The van der Waals surface area contributed by atoms with Gasteiger partial charge in [0.2, 0.25) is 0 Å². The second-order valence-corrected chi connectivity index (χ2v) is 8.39. The number of hydrogen-bond donors (Lipinski definition) is 0. The average Bonchev–Trinajstić information content (AvgIpc) is 2.47. The first-order valence-corrected chi connectivity index (χ1v) is 8.96. The van der Waals surface area contributed by atoms with Crippen molar-refractivity contribution in [1.82, 2.24) is 4.90 Å². The lowest BCUT2D eigenvalue weighted by molar-refractivity contribution is 0.251. The Morgan fingerprint density at radius 1 is 1.27 bits per heavy atom. The van der Waals surface area contributed by atoms with Crippen molar-refractivity contribution in [3.05, 3.63) is 11.8 Å². The van der Waals surface area contributed by atoms with Crippen molar-refractivity contribution in [2.24, 2.45) is 0 Å². The van der Waals surface area contributed by atoms with Gasteiger partial charge in [-0.2, -0.15) is 0 Å². The summed E-state index contributed by atoms with van der Waals surface area (Å²) in [7, 11) is -0.752. The second-order valence-electron chi connectivity index (χ2n) is 5.06. The van der Waals surface area contributed by atoms with E-state index in [0.29, 0.717) is 0 Å². The number of rotatable bonds is 4. The molecule has 0 aromatic carbocycles. The summed E-state index contributed by atoms with van der Waals surface area (Å²) in [6.07, 6.45) is 7.02. The molecule has 0 spiro atoms. The molecule has 2 unspecified atom stereocenters. The van der Waals surface area contributed by atoms with Gasteiger partial charge in [0.05, 0.1) is 8.80 Å². The predicted molar refractivity (Wildman–Crippen MR) is 71.9 cm³/mol. The Bertz CT molecular complexity index is 195. The highest BCUT2D eigenvalue weighted by atomic mass is 28.3. The van der Waals surface area contributed by atoms with Crippen LogP contribution in [0.4, 0.5) is 0 Å². The van der Waals surface area contributed by atoms with Crippen LogP contribution in [0.15, 0.2) is 11.8 Å². The molecule has 0 bridgehead atoms. The van der Waals surface area contributed by atoms with Gasteiger partial charge in [-0.15, -0.1) is 6.58 Å². The molecule has 1 aliphatic heterocycles. The first-order chi connectivity index (χ1) is 7.16. The molecule has 88 valence electrons. The normalized spacial score (nSPS) is 23.1. The van der Waals surface area contributed by atoms with E-state index in [1.54, 1.807) is 0 Å². The van der Waals surface area contributed by atoms with Crippen molar-refractivity contribution in [2.45, 2.75) is 58.2 Å². The van der Waals surface area contributed by atoms with Crippen molar-refractivity contribution >= 4 is 8.80 Å². The molecule has 2 heteroatoms. The van der Waals surface area contributed by atoms with Crippen LogP contribution in [0, 0.1) is 0 Å². The van der Waals surface area contributed by atoms with Crippen LogP contribution in [-0.2, 0) is 0 Å². The van der Waals surface area contributed by atoms with Gasteiger partial charge < -0.3 is 4.90 Å². The van der Waals surface area contributed by atoms with Crippen LogP contribution in [0.1, 0.15) is 46.0 Å². The van der Waals surface area contributed by atoms with Crippen LogP contribution in [0.25, 0.3) is 0 Å². The molecule has 1 aliphatic rings. The van der Waals surface area contributed by atoms with E-state index < -0.39 is 8.80 Å². The zero-order valence-corrected chi connectivity index (χ0v) is 11.9. The molecular formula is C13H27NSi. The third kappa shape index (κ3) is 3.76. The highest BCUT2D eigenvalue weighted by molar-refractivity contribution is 6.66. The highest BCUT2D eigenvalue weighted by Crippen LogP contribution is 2.18. The molecule has 1 rings (SSSR count). The number of hydrogen-bond acceptors (Lipinski definition) is 1. The van der Waals surface area contributed by atoms with E-state index in [2.05, 4.69) is 31.9 Å². The molecular weight excluding hydrogens is 198 g/mol. The SMILES string of the molecule is C=C(C)[SiH](C)C(CC)N1CCCCCC1. The fourth-order valence-electron chi connectivity index (χ4n) is 2.68. The van der Waals surface area contributed by atoms with Gasteiger partial charge in [0.25, 0.3) is 0 Å². The molecule has 0 aromatic rings. The fourth-order valence-corrected chi connectivity index (χ4v) is 4.98. The summed E-state index contributed by atoms with van der Waals surface area (Å²) in [6.45, 7) is 13.9. The molecule has 2 atom stereocenters. The Morgan fingerprint density at radius 3 is 2.20 bits per heavy atom. The first-order valence-electron chi connectivity index (χ1n) is 6.56. The van der Waals surface area contributed by atoms with E-state index in [0.717, 1.165) is 5.67 Å². The number of likely N-dealkylation sites (tertiary alicyclic amines) is 1. The lowest BCUT2D eigenvalue weighted by Crippen LogP contribution is -2.45. The van der Waals surface area contributed by atoms with Crippen LogP contribution >= 0.6 is 0 Å². The zero-order chi connectivity index (χ0) is 11.3. The molecule has 0 aromatic heterocycles. The minimum absolute atomic E-state index is 0.752. The number of nitrogens with zero attached hydrogens (tertiary/aromatic N) is 1. The lowest BCUT2D eigenvalue weighted by Gasteiger charge is -2.34. The molecule has 1 heterocycles. The first kappa shape index (κ1) is 13.0. The smallest absolute Gasteiger partial charge is 0.0803 e. The summed E-state index contributed by atoms with van der Waals surface area (Å²) in [6, 6.07) is 0. The van der Waals surface area contributed by atoms with Gasteiger partial charge in [0.1, 0.15) is 0 Å². The summed E-state index contributed by atoms with van der Waals surface area (Å²) in [5.74, 6) is 0. The summed E-state index contributed by atoms with van der Waals surface area (Å²) in [4.78, 5) is 2.76. The maximum atomic E-state index is 4.18. The van der Waals surface area contributed by atoms with Crippen molar-refractivity contribution in [3.63, 3.8) is 0 Å². The standard InChI is InChI=1S/C13H27NSi/c1-5-13(15(4)12(2)3)14-10-8-6-7-9-11-14/h13,15H,2,5-11H2,1,3-4H3. The Kier molecular flexibility index (Phi) is 5.62. The lowest BCUT2D eigenvalue weighted by atomic mass is 10.2. The average molecular weight is 225 g/mol. The molecule has 15 heavy (non-hydrogen) atoms. The van der Waals surface area contributed by atoms with E-state index >= 15 is 0 Å². The third-order valence-corrected chi connectivity index (χ3v) is 7.48. The van der Waals surface area contributed by atoms with E-state index in [1.165, 1.54) is 50.4 Å². The van der Waals surface area contributed by atoms with Gasteiger partial charge >= 0.3 is 0 Å². The molecule has 1 nitrogen and oxygen atoms in total. The Labute approximate surface area is 97.2 Å². The summed E-state index contributed by atoms with van der Waals surface area (Å²) >= 11 is 0. The Hall–Kier alpha value is -0.0831. The molecule has 0 N–H and O–H groups in total. The molecule has 0 saturated carbocycles. The second kappa shape index (κ2) is 6.49. The number of allylic oxidation sites excluding steroid dienone is 1. The van der Waals surface area contributed by atoms with Crippen LogP contribution in [0.2, 0.25) is 6.55 Å². The van der Waals surface area contributed by atoms with Gasteiger partial charge in [0, 0.05) is 5.67 Å². The third-order valence-electron chi connectivity index (χ3n) is 3.88. The van der Waals surface area contributed by atoms with Crippen molar-refractivity contribution in [1.29, 1.82) is 0 Å². The molecule has 1 fully saturated rings. The maximum Gasteiger partial charge on any atom is 0.0803 e. The minimum Gasteiger partial charge on any atom is -0.303 e. The van der Waals surface area contributed by atoms with Gasteiger partial charge in [-0.25, -0.2) is 0 Å². The Morgan fingerprint density at radius 2 is 1.80 bits per heavy atom. The largest absolute Gasteiger partial charge is 0.303 e. The summed E-state index contributed by atoms with van der Waals surface area (Å²) in [5, 5.41) is 1.48. The highest BCUT2D eigenvalue weighted by Gasteiger charge is 2.24. The van der Waals surface area contributed by atoms with Crippen molar-refractivity contribution < 1.29 is 0 Å². The van der Waals surface area contributed by atoms with Crippen LogP contribution in [0.5, 0.6) is 0 Å². The zero-order valence-electron chi connectivity index (χ0n) is 10.8. The molecule has 1 saturated heterocycles. The van der Waals surface area contributed by atoms with E-state index in [9.17, 15) is 0 Å². The monoisotopic (exact) mass is 225 g/mol. The molecule has 0 amide bonds. The van der Waals surface area contributed by atoms with Gasteiger partial charge in [-0.05, 0) is 39.3 Å². The maximum absolute atomic E-state index is 4.18. The van der Waals surface area contributed by atoms with Crippen molar-refractivity contribution in [3.8, 4) is 0 Å². The minimum atomic E-state index is -0.752. The van der Waals surface area contributed by atoms with Gasteiger partial charge in [-0.3, -0.25) is 0 Å². The van der Waals surface area contributed by atoms with Crippen molar-refractivity contribution in [2.75, 3.05) is 13.1 Å².